The van der Waals surface area contributed by atoms with Gasteiger partial charge in [-0.2, -0.15) is 0 Å². The van der Waals surface area contributed by atoms with Crippen LogP contribution in [0.3, 0.4) is 0 Å². The topological polar surface area (TPSA) is 46.6 Å². The summed E-state index contributed by atoms with van der Waals surface area (Å²) in [6, 6.07) is 12.7. The fourth-order valence-corrected chi connectivity index (χ4v) is 2.99. The molecule has 0 aliphatic carbocycles. The lowest BCUT2D eigenvalue weighted by Gasteiger charge is -2.45. The maximum absolute atomic E-state index is 13.1. The highest BCUT2D eigenvalue weighted by Gasteiger charge is 2.48. The third kappa shape index (κ3) is 3.40. The van der Waals surface area contributed by atoms with Crippen LogP contribution in [-0.2, 0) is 9.59 Å². The Bertz CT molecular complexity index is 743. The fraction of sp³-hybridized carbons (Fsp3) is 0.300. The molecule has 3 rings (SSSR count). The Hall–Kier alpha value is -2.69. The standard InChI is InChI=1S/C20H20FNO3/c1-2-3-12-25-17-10-4-14(5-11-17)19-18(13-23)20(24)22(19)16-8-6-15(21)7-9-16/h4-11,13,18-19H,2-3,12H2,1H3/t18-,19-/m1/s1. The highest BCUT2D eigenvalue weighted by molar-refractivity contribution is 6.10. The molecule has 4 nitrogen and oxygen atoms in total. The molecule has 1 saturated heterocycles. The maximum atomic E-state index is 13.1. The molecule has 5 heteroatoms. The molecule has 25 heavy (non-hydrogen) atoms. The van der Waals surface area contributed by atoms with E-state index in [9.17, 15) is 14.0 Å². The minimum atomic E-state index is -0.711. The first-order valence-electron chi connectivity index (χ1n) is 8.42. The SMILES string of the molecule is CCCCOc1ccc([C@@H]2[C@@H](C=O)C(=O)N2c2ccc(F)cc2)cc1. The van der Waals surface area contributed by atoms with E-state index in [1.54, 1.807) is 12.1 Å². The Morgan fingerprint density at radius 1 is 1.12 bits per heavy atom. The van der Waals surface area contributed by atoms with Crippen molar-refractivity contribution in [1.82, 2.24) is 0 Å². The van der Waals surface area contributed by atoms with E-state index in [2.05, 4.69) is 6.92 Å². The number of β-lactam (4-membered cyclic amide) rings is 1. The Morgan fingerprint density at radius 2 is 1.80 bits per heavy atom. The van der Waals surface area contributed by atoms with Crippen molar-refractivity contribution in [2.24, 2.45) is 5.92 Å². The number of rotatable bonds is 7. The van der Waals surface area contributed by atoms with E-state index in [0.717, 1.165) is 24.2 Å². The molecular formula is C20H20FNO3. The van der Waals surface area contributed by atoms with Gasteiger partial charge in [-0.3, -0.25) is 4.79 Å². The zero-order chi connectivity index (χ0) is 17.8. The molecule has 0 bridgehead atoms. The van der Waals surface area contributed by atoms with Crippen LogP contribution in [0.2, 0.25) is 0 Å². The second-order valence-electron chi connectivity index (χ2n) is 6.06. The molecule has 2 aromatic carbocycles. The van der Waals surface area contributed by atoms with E-state index in [4.69, 9.17) is 4.74 Å². The Morgan fingerprint density at radius 3 is 2.40 bits per heavy atom. The lowest BCUT2D eigenvalue weighted by atomic mass is 9.83. The van der Waals surface area contributed by atoms with Gasteiger partial charge in [-0.1, -0.05) is 25.5 Å². The number of carbonyl (C=O) groups is 2. The third-order valence-electron chi connectivity index (χ3n) is 4.38. The van der Waals surface area contributed by atoms with Crippen molar-refractivity contribution in [1.29, 1.82) is 0 Å². The molecule has 1 aliphatic rings. The van der Waals surface area contributed by atoms with Crippen LogP contribution in [0.5, 0.6) is 5.75 Å². The summed E-state index contributed by atoms with van der Waals surface area (Å²) in [5.41, 5.74) is 1.43. The van der Waals surface area contributed by atoms with Crippen LogP contribution >= 0.6 is 0 Å². The van der Waals surface area contributed by atoms with Crippen molar-refractivity contribution in [3.8, 4) is 5.75 Å². The van der Waals surface area contributed by atoms with Gasteiger partial charge in [0.1, 0.15) is 23.8 Å². The summed E-state index contributed by atoms with van der Waals surface area (Å²) in [6.07, 6.45) is 2.74. The summed E-state index contributed by atoms with van der Waals surface area (Å²) in [6.45, 7) is 2.76. The minimum absolute atomic E-state index is 0.269. The minimum Gasteiger partial charge on any atom is -0.494 e. The van der Waals surface area contributed by atoms with Gasteiger partial charge in [0.2, 0.25) is 5.91 Å². The lowest BCUT2D eigenvalue weighted by Crippen LogP contribution is -2.56. The highest BCUT2D eigenvalue weighted by Crippen LogP contribution is 2.42. The van der Waals surface area contributed by atoms with Crippen LogP contribution in [0.15, 0.2) is 48.5 Å². The van der Waals surface area contributed by atoms with Gasteiger partial charge in [-0.15, -0.1) is 0 Å². The predicted octanol–water partition coefficient (Wildman–Crippen LogP) is 3.91. The molecule has 1 fully saturated rings. The van der Waals surface area contributed by atoms with Crippen molar-refractivity contribution in [3.63, 3.8) is 0 Å². The Labute approximate surface area is 146 Å². The van der Waals surface area contributed by atoms with Gasteiger partial charge in [0.25, 0.3) is 0 Å². The number of halogens is 1. The summed E-state index contributed by atoms with van der Waals surface area (Å²) in [5, 5.41) is 0. The number of anilines is 1. The monoisotopic (exact) mass is 341 g/mol. The van der Waals surface area contributed by atoms with Crippen molar-refractivity contribution in [2.45, 2.75) is 25.8 Å². The summed E-state index contributed by atoms with van der Waals surface area (Å²) in [7, 11) is 0. The first-order chi connectivity index (χ1) is 12.2. The van der Waals surface area contributed by atoms with Gasteiger partial charge < -0.3 is 14.4 Å². The molecule has 0 saturated carbocycles. The number of amides is 1. The van der Waals surface area contributed by atoms with Gasteiger partial charge in [-0.25, -0.2) is 4.39 Å². The summed E-state index contributed by atoms with van der Waals surface area (Å²) in [4.78, 5) is 25.1. The van der Waals surface area contributed by atoms with E-state index in [0.29, 0.717) is 18.6 Å². The molecule has 1 heterocycles. The maximum Gasteiger partial charge on any atom is 0.240 e. The fourth-order valence-electron chi connectivity index (χ4n) is 2.99. The Balaban J connectivity index is 1.81. The molecule has 0 N–H and O–H groups in total. The zero-order valence-electron chi connectivity index (χ0n) is 14.0. The normalized spacial score (nSPS) is 19.4. The second kappa shape index (κ2) is 7.47. The molecule has 0 aromatic heterocycles. The molecule has 1 amide bonds. The first-order valence-corrected chi connectivity index (χ1v) is 8.42. The predicted molar refractivity (Wildman–Crippen MR) is 93.0 cm³/mol. The van der Waals surface area contributed by atoms with Crippen molar-refractivity contribution in [2.75, 3.05) is 11.5 Å². The lowest BCUT2D eigenvalue weighted by molar-refractivity contribution is -0.134. The van der Waals surface area contributed by atoms with Gasteiger partial charge in [0.15, 0.2) is 0 Å². The number of carbonyl (C=O) groups excluding carboxylic acids is 2. The average Bonchev–Trinajstić information content (AvgIpc) is 2.63. The smallest absolute Gasteiger partial charge is 0.240 e. The molecule has 2 aromatic rings. The third-order valence-corrected chi connectivity index (χ3v) is 4.38. The number of nitrogens with zero attached hydrogens (tertiary/aromatic N) is 1. The van der Waals surface area contributed by atoms with Gasteiger partial charge in [-0.05, 0) is 48.4 Å². The van der Waals surface area contributed by atoms with Crippen LogP contribution in [-0.4, -0.2) is 18.8 Å². The summed E-state index contributed by atoms with van der Waals surface area (Å²) >= 11 is 0. The number of hydrogen-bond donors (Lipinski definition) is 0. The summed E-state index contributed by atoms with van der Waals surface area (Å²) in [5.74, 6) is -0.584. The molecular weight excluding hydrogens is 321 g/mol. The molecule has 0 radical (unpaired) electrons. The van der Waals surface area contributed by atoms with Crippen LogP contribution in [0.1, 0.15) is 31.4 Å². The molecule has 1 aliphatic heterocycles. The highest BCUT2D eigenvalue weighted by atomic mass is 19.1. The van der Waals surface area contributed by atoms with E-state index in [-0.39, 0.29) is 17.8 Å². The molecule has 0 unspecified atom stereocenters. The number of aldehydes is 1. The number of unbranched alkanes of at least 4 members (excludes halogenated alkanes) is 1. The van der Waals surface area contributed by atoms with E-state index < -0.39 is 5.92 Å². The van der Waals surface area contributed by atoms with Crippen LogP contribution in [0.25, 0.3) is 0 Å². The van der Waals surface area contributed by atoms with Crippen molar-refractivity contribution in [3.05, 3.63) is 59.9 Å². The Kier molecular flexibility index (Phi) is 5.12. The van der Waals surface area contributed by atoms with Crippen LogP contribution in [0.4, 0.5) is 10.1 Å². The van der Waals surface area contributed by atoms with E-state index in [1.807, 2.05) is 24.3 Å². The van der Waals surface area contributed by atoms with E-state index >= 15 is 0 Å². The molecule has 2 atom stereocenters. The molecule has 130 valence electrons. The molecule has 0 spiro atoms. The number of benzene rings is 2. The van der Waals surface area contributed by atoms with Crippen LogP contribution < -0.4 is 9.64 Å². The summed E-state index contributed by atoms with van der Waals surface area (Å²) < 4.78 is 18.8. The average molecular weight is 341 g/mol. The van der Waals surface area contributed by atoms with E-state index in [1.165, 1.54) is 17.0 Å². The van der Waals surface area contributed by atoms with Crippen molar-refractivity contribution < 1.29 is 18.7 Å². The quantitative estimate of drug-likeness (QED) is 0.332. The van der Waals surface area contributed by atoms with Gasteiger partial charge >= 0.3 is 0 Å². The van der Waals surface area contributed by atoms with Crippen LogP contribution in [0, 0.1) is 11.7 Å². The number of ether oxygens (including phenoxy) is 1. The van der Waals surface area contributed by atoms with Gasteiger partial charge in [0.05, 0.1) is 12.6 Å². The zero-order valence-corrected chi connectivity index (χ0v) is 14.0. The largest absolute Gasteiger partial charge is 0.494 e. The van der Waals surface area contributed by atoms with Crippen molar-refractivity contribution >= 4 is 17.9 Å². The second-order valence-corrected chi connectivity index (χ2v) is 6.06. The van der Waals surface area contributed by atoms with Gasteiger partial charge in [0, 0.05) is 5.69 Å². The number of hydrogen-bond acceptors (Lipinski definition) is 3. The first kappa shape index (κ1) is 17.1.